The number of carbonyl (C=O) groups excluding carboxylic acids is 2. The van der Waals surface area contributed by atoms with Crippen molar-refractivity contribution in [1.29, 1.82) is 0 Å². The van der Waals surface area contributed by atoms with Crippen molar-refractivity contribution in [3.63, 3.8) is 0 Å². The summed E-state index contributed by atoms with van der Waals surface area (Å²) in [5, 5.41) is 0. The predicted molar refractivity (Wildman–Crippen MR) is 101 cm³/mol. The zero-order valence-corrected chi connectivity index (χ0v) is 17.3. The Bertz CT molecular complexity index is 703. The molecule has 1 unspecified atom stereocenters. The molecule has 0 N–H and O–H groups in total. The van der Waals surface area contributed by atoms with E-state index in [1.165, 1.54) is 6.20 Å². The molecule has 7 heteroatoms. The van der Waals surface area contributed by atoms with Crippen molar-refractivity contribution in [2.24, 2.45) is 0 Å². The van der Waals surface area contributed by atoms with E-state index in [9.17, 15) is 9.59 Å². The maximum atomic E-state index is 12.5. The van der Waals surface area contributed by atoms with Crippen molar-refractivity contribution in [2.45, 2.75) is 78.6 Å². The maximum absolute atomic E-state index is 12.5. The summed E-state index contributed by atoms with van der Waals surface area (Å²) >= 11 is 0. The molecule has 0 spiro atoms. The van der Waals surface area contributed by atoms with Crippen LogP contribution in [-0.4, -0.2) is 39.9 Å². The fourth-order valence-electron chi connectivity index (χ4n) is 2.83. The van der Waals surface area contributed by atoms with Crippen LogP contribution in [0.5, 0.6) is 5.75 Å². The molecule has 2 heterocycles. The van der Waals surface area contributed by atoms with Crippen molar-refractivity contribution >= 4 is 12.2 Å². The molecule has 2 rings (SSSR count). The van der Waals surface area contributed by atoms with Crippen LogP contribution in [0.3, 0.4) is 0 Å². The molecule has 0 saturated heterocycles. The van der Waals surface area contributed by atoms with Gasteiger partial charge in [-0.3, -0.25) is 4.98 Å². The molecule has 1 atom stereocenters. The van der Waals surface area contributed by atoms with Gasteiger partial charge in [0, 0.05) is 12.5 Å². The number of ether oxygens (including phenoxy) is 3. The van der Waals surface area contributed by atoms with Gasteiger partial charge >= 0.3 is 12.2 Å². The van der Waals surface area contributed by atoms with E-state index >= 15 is 0 Å². The second-order valence-corrected chi connectivity index (χ2v) is 8.75. The van der Waals surface area contributed by atoms with E-state index in [1.807, 2.05) is 20.8 Å². The Kier molecular flexibility index (Phi) is 6.02. The molecule has 0 bridgehead atoms. The standard InChI is InChI=1S/C20H30N2O5/c1-8-13-11-22(17(23)26-19(2,3)4)12-14-9-15(10-21-16(13)14)25-18(24)27-20(5,6)7/h9-10,13H,8,11-12H2,1-7H3. The molecule has 0 aliphatic carbocycles. The van der Waals surface area contributed by atoms with Crippen molar-refractivity contribution in [1.82, 2.24) is 9.88 Å². The first-order chi connectivity index (χ1) is 12.4. The lowest BCUT2D eigenvalue weighted by Gasteiger charge is -2.34. The lowest BCUT2D eigenvalue weighted by atomic mass is 9.93. The van der Waals surface area contributed by atoms with Crippen LogP contribution in [0.1, 0.15) is 72.1 Å². The molecule has 150 valence electrons. The number of hydrogen-bond donors (Lipinski definition) is 0. The van der Waals surface area contributed by atoms with Crippen LogP contribution in [0.2, 0.25) is 0 Å². The van der Waals surface area contributed by atoms with Crippen LogP contribution in [0.15, 0.2) is 12.3 Å². The van der Waals surface area contributed by atoms with Gasteiger partial charge in [-0.05, 0) is 59.6 Å². The predicted octanol–water partition coefficient (Wildman–Crippen LogP) is 4.64. The Hall–Kier alpha value is -2.31. The van der Waals surface area contributed by atoms with E-state index in [0.717, 1.165) is 17.7 Å². The highest BCUT2D eigenvalue weighted by Crippen LogP contribution is 2.32. The number of nitrogens with zero attached hydrogens (tertiary/aromatic N) is 2. The molecule has 1 aliphatic heterocycles. The van der Waals surface area contributed by atoms with Crippen LogP contribution in [0.4, 0.5) is 9.59 Å². The van der Waals surface area contributed by atoms with Gasteiger partial charge in [0.15, 0.2) is 5.75 Å². The Balaban J connectivity index is 2.19. The van der Waals surface area contributed by atoms with Crippen molar-refractivity contribution < 1.29 is 23.8 Å². The number of hydrogen-bond acceptors (Lipinski definition) is 6. The van der Waals surface area contributed by atoms with E-state index < -0.39 is 17.4 Å². The summed E-state index contributed by atoms with van der Waals surface area (Å²) < 4.78 is 15.9. The largest absolute Gasteiger partial charge is 0.514 e. The lowest BCUT2D eigenvalue weighted by Crippen LogP contribution is -2.41. The smallest absolute Gasteiger partial charge is 0.444 e. The molecular formula is C20H30N2O5. The van der Waals surface area contributed by atoms with Gasteiger partial charge in [-0.15, -0.1) is 0 Å². The lowest BCUT2D eigenvalue weighted by molar-refractivity contribution is 0.0181. The van der Waals surface area contributed by atoms with Gasteiger partial charge in [-0.2, -0.15) is 0 Å². The zero-order chi connectivity index (χ0) is 20.4. The minimum absolute atomic E-state index is 0.108. The van der Waals surface area contributed by atoms with Crippen LogP contribution in [0.25, 0.3) is 0 Å². The van der Waals surface area contributed by atoms with Gasteiger partial charge in [0.2, 0.25) is 0 Å². The molecule has 0 fully saturated rings. The summed E-state index contributed by atoms with van der Waals surface area (Å²) in [4.78, 5) is 30.5. The number of fused-ring (bicyclic) bond motifs is 1. The molecule has 0 saturated carbocycles. The fraction of sp³-hybridized carbons (Fsp3) is 0.650. The second kappa shape index (κ2) is 7.74. The zero-order valence-electron chi connectivity index (χ0n) is 17.3. The third-order valence-electron chi connectivity index (χ3n) is 3.90. The second-order valence-electron chi connectivity index (χ2n) is 8.75. The fourth-order valence-corrected chi connectivity index (χ4v) is 2.83. The summed E-state index contributed by atoms with van der Waals surface area (Å²) in [5.41, 5.74) is 0.576. The quantitative estimate of drug-likeness (QED) is 0.698. The molecule has 0 radical (unpaired) electrons. The normalized spacial score (nSPS) is 17.1. The Labute approximate surface area is 161 Å². The highest BCUT2D eigenvalue weighted by atomic mass is 16.7. The van der Waals surface area contributed by atoms with Gasteiger partial charge in [0.05, 0.1) is 18.4 Å². The molecule has 7 nitrogen and oxygen atoms in total. The summed E-state index contributed by atoms with van der Waals surface area (Å²) in [6.45, 7) is 13.8. The average molecular weight is 378 g/mol. The molecule has 1 aromatic heterocycles. The molecule has 1 amide bonds. The van der Waals surface area contributed by atoms with E-state index in [1.54, 1.807) is 31.7 Å². The molecule has 27 heavy (non-hydrogen) atoms. The van der Waals surface area contributed by atoms with Gasteiger partial charge in [0.25, 0.3) is 0 Å². The van der Waals surface area contributed by atoms with Crippen molar-refractivity contribution in [3.8, 4) is 5.75 Å². The molecular weight excluding hydrogens is 348 g/mol. The van der Waals surface area contributed by atoms with Crippen LogP contribution < -0.4 is 4.74 Å². The topological polar surface area (TPSA) is 78.0 Å². The van der Waals surface area contributed by atoms with Gasteiger partial charge in [0.1, 0.15) is 11.2 Å². The number of amides is 1. The van der Waals surface area contributed by atoms with Crippen molar-refractivity contribution in [3.05, 3.63) is 23.5 Å². The van der Waals surface area contributed by atoms with E-state index in [4.69, 9.17) is 14.2 Å². The monoisotopic (exact) mass is 378 g/mol. The summed E-state index contributed by atoms with van der Waals surface area (Å²) in [6.07, 6.45) is 1.22. The third-order valence-corrected chi connectivity index (χ3v) is 3.90. The summed E-state index contributed by atoms with van der Waals surface area (Å²) in [5.74, 6) is 0.403. The highest BCUT2D eigenvalue weighted by Gasteiger charge is 2.31. The van der Waals surface area contributed by atoms with Gasteiger partial charge in [-0.1, -0.05) is 6.92 Å². The third kappa shape index (κ3) is 6.12. The van der Waals surface area contributed by atoms with Crippen molar-refractivity contribution in [2.75, 3.05) is 6.54 Å². The minimum Gasteiger partial charge on any atom is -0.444 e. The number of aromatic nitrogens is 1. The molecule has 1 aromatic rings. The Morgan fingerprint density at radius 3 is 2.33 bits per heavy atom. The van der Waals surface area contributed by atoms with E-state index in [2.05, 4.69) is 11.9 Å². The maximum Gasteiger partial charge on any atom is 0.514 e. The SMILES string of the molecule is CCC1CN(C(=O)OC(C)(C)C)Cc2cc(OC(=O)OC(C)(C)C)cnc21. The van der Waals surface area contributed by atoms with E-state index in [0.29, 0.717) is 18.8 Å². The average Bonchev–Trinajstić information content (AvgIpc) is 2.49. The van der Waals surface area contributed by atoms with E-state index in [-0.39, 0.29) is 12.0 Å². The summed E-state index contributed by atoms with van der Waals surface area (Å²) in [7, 11) is 0. The summed E-state index contributed by atoms with van der Waals surface area (Å²) in [6, 6.07) is 1.74. The highest BCUT2D eigenvalue weighted by molar-refractivity contribution is 5.69. The van der Waals surface area contributed by atoms with Gasteiger partial charge in [-0.25, -0.2) is 9.59 Å². The van der Waals surface area contributed by atoms with Gasteiger partial charge < -0.3 is 19.1 Å². The number of carbonyl (C=O) groups is 2. The first-order valence-electron chi connectivity index (χ1n) is 9.25. The first-order valence-corrected chi connectivity index (χ1v) is 9.25. The Morgan fingerprint density at radius 1 is 1.15 bits per heavy atom. The first kappa shape index (κ1) is 21.0. The minimum atomic E-state index is -0.781. The Morgan fingerprint density at radius 2 is 1.78 bits per heavy atom. The van der Waals surface area contributed by atoms with Crippen LogP contribution in [0, 0.1) is 0 Å². The molecule has 1 aliphatic rings. The van der Waals surface area contributed by atoms with Crippen LogP contribution >= 0.6 is 0 Å². The molecule has 0 aromatic carbocycles. The number of pyridine rings is 1. The van der Waals surface area contributed by atoms with Crippen LogP contribution in [-0.2, 0) is 16.0 Å². The number of rotatable bonds is 2.